The Hall–Kier alpha value is -3.27. The van der Waals surface area contributed by atoms with Crippen LogP contribution in [-0.4, -0.2) is 54.4 Å². The molecule has 0 heterocycles. The molecule has 0 aliphatic carbocycles. The Kier molecular flexibility index (Phi) is 12.9. The maximum absolute atomic E-state index is 13.0. The second kappa shape index (κ2) is 15.9. The average Bonchev–Trinajstić information content (AvgIpc) is 2.87. The van der Waals surface area contributed by atoms with Crippen LogP contribution in [0.5, 0.6) is 5.75 Å². The van der Waals surface area contributed by atoms with Crippen LogP contribution in [0.3, 0.4) is 0 Å². The van der Waals surface area contributed by atoms with Gasteiger partial charge < -0.3 is 24.8 Å². The van der Waals surface area contributed by atoms with E-state index in [2.05, 4.69) is 12.2 Å². The minimum Gasteiger partial charge on any atom is -0.492 e. The van der Waals surface area contributed by atoms with Gasteiger partial charge in [0.1, 0.15) is 12.4 Å². The Balaban J connectivity index is 1.96. The normalized spacial score (nSPS) is 12.1. The molecule has 38 heavy (non-hydrogen) atoms. The predicted octanol–water partition coefficient (Wildman–Crippen LogP) is 6.62. The number of carboxylic acids is 1. The lowest BCUT2D eigenvalue weighted by atomic mass is 10.1. The number of amides is 2. The summed E-state index contributed by atoms with van der Waals surface area (Å²) in [5.74, 6) is -0.469. The van der Waals surface area contributed by atoms with Gasteiger partial charge in [0.25, 0.3) is 0 Å². The van der Waals surface area contributed by atoms with Crippen LogP contribution in [0.25, 0.3) is 0 Å². The number of carbonyl (C=O) groups excluding carboxylic acids is 1. The molecule has 0 aromatic heterocycles. The third kappa shape index (κ3) is 11.0. The molecule has 2 rings (SSSR count). The van der Waals surface area contributed by atoms with Gasteiger partial charge in [-0.1, -0.05) is 50.8 Å². The molecule has 0 bridgehead atoms. The fraction of sp³-hybridized carbons (Fsp3) is 0.500. The third-order valence-electron chi connectivity index (χ3n) is 5.88. The lowest BCUT2D eigenvalue weighted by Gasteiger charge is -2.23. The van der Waals surface area contributed by atoms with E-state index in [0.717, 1.165) is 49.8 Å². The molecule has 0 aliphatic heterocycles. The summed E-state index contributed by atoms with van der Waals surface area (Å²) in [6.07, 6.45) is -0.228. The summed E-state index contributed by atoms with van der Waals surface area (Å²) < 4.78 is 50.2. The van der Waals surface area contributed by atoms with Crippen LogP contribution in [0.4, 0.5) is 23.7 Å². The van der Waals surface area contributed by atoms with Crippen LogP contribution in [0.1, 0.15) is 57.1 Å². The van der Waals surface area contributed by atoms with E-state index < -0.39 is 29.8 Å². The number of halogens is 3. The standard InChI is InChI=1S/C28H37F3N2O5/c1-3-5-6-7-8-16-33(27(36)32-23-11-9-10-22(20-23)28(29,30)31)17-18-38-24-14-12-21(13-15-24)19-25(26(34)35)37-4-2/h9-15,20,25H,3-8,16-19H2,1-2H3,(H,32,36)(H,34,35). The smallest absolute Gasteiger partial charge is 0.416 e. The number of carboxylic acid groups (broad SMARTS) is 1. The van der Waals surface area contributed by atoms with Crippen LogP contribution in [-0.2, 0) is 22.1 Å². The van der Waals surface area contributed by atoms with Gasteiger partial charge in [0.05, 0.1) is 12.1 Å². The molecule has 210 valence electrons. The van der Waals surface area contributed by atoms with Crippen LogP contribution in [0.15, 0.2) is 48.5 Å². The average molecular weight is 539 g/mol. The number of anilines is 1. The van der Waals surface area contributed by atoms with E-state index in [0.29, 0.717) is 18.9 Å². The molecule has 1 unspecified atom stereocenters. The first-order valence-electron chi connectivity index (χ1n) is 12.9. The Morgan fingerprint density at radius 3 is 2.34 bits per heavy atom. The molecule has 1 atom stereocenters. The number of urea groups is 1. The highest BCUT2D eigenvalue weighted by molar-refractivity contribution is 5.89. The molecule has 0 aliphatic rings. The van der Waals surface area contributed by atoms with Gasteiger partial charge in [-0.2, -0.15) is 13.2 Å². The SMILES string of the molecule is CCCCCCCN(CCOc1ccc(CC(OCC)C(=O)O)cc1)C(=O)Nc1cccc(C(F)(F)F)c1. The number of nitrogens with one attached hydrogen (secondary N) is 1. The van der Waals surface area contributed by atoms with Gasteiger partial charge in [0.15, 0.2) is 6.10 Å². The molecule has 2 aromatic carbocycles. The van der Waals surface area contributed by atoms with Gasteiger partial charge in [-0.25, -0.2) is 9.59 Å². The minimum absolute atomic E-state index is 0.0732. The Morgan fingerprint density at radius 2 is 1.71 bits per heavy atom. The van der Waals surface area contributed by atoms with Crippen molar-refractivity contribution < 1.29 is 37.3 Å². The van der Waals surface area contributed by atoms with E-state index >= 15 is 0 Å². The van der Waals surface area contributed by atoms with Crippen LogP contribution in [0, 0.1) is 0 Å². The molecule has 0 saturated carbocycles. The zero-order chi connectivity index (χ0) is 28.0. The molecule has 2 amide bonds. The summed E-state index contributed by atoms with van der Waals surface area (Å²) in [6.45, 7) is 5.02. The van der Waals surface area contributed by atoms with E-state index in [9.17, 15) is 27.9 Å². The molecule has 0 fully saturated rings. The van der Waals surface area contributed by atoms with Crippen molar-refractivity contribution in [2.45, 2.75) is 64.7 Å². The number of carbonyl (C=O) groups is 2. The maximum atomic E-state index is 13.0. The molecular weight excluding hydrogens is 501 g/mol. The number of aliphatic carboxylic acids is 1. The first-order valence-corrected chi connectivity index (χ1v) is 12.9. The van der Waals surface area contributed by atoms with Gasteiger partial charge in [-0.05, 0) is 49.2 Å². The summed E-state index contributed by atoms with van der Waals surface area (Å²) in [5, 5.41) is 11.8. The van der Waals surface area contributed by atoms with Crippen molar-refractivity contribution in [2.75, 3.05) is 31.6 Å². The van der Waals surface area contributed by atoms with E-state index in [1.165, 1.54) is 12.1 Å². The summed E-state index contributed by atoms with van der Waals surface area (Å²) in [5.41, 5.74) is 0.0283. The number of unbranched alkanes of at least 4 members (excludes halogenated alkanes) is 4. The number of benzene rings is 2. The lowest BCUT2D eigenvalue weighted by molar-refractivity contribution is -0.150. The van der Waals surface area contributed by atoms with E-state index in [4.69, 9.17) is 9.47 Å². The number of nitrogens with zero attached hydrogens (tertiary/aromatic N) is 1. The fourth-order valence-electron chi connectivity index (χ4n) is 3.83. The van der Waals surface area contributed by atoms with Crippen molar-refractivity contribution in [2.24, 2.45) is 0 Å². The molecule has 7 nitrogen and oxygen atoms in total. The van der Waals surface area contributed by atoms with Gasteiger partial charge in [-0.15, -0.1) is 0 Å². The number of hydrogen-bond acceptors (Lipinski definition) is 4. The quantitative estimate of drug-likeness (QED) is 0.235. The highest BCUT2D eigenvalue weighted by Crippen LogP contribution is 2.30. The number of ether oxygens (including phenoxy) is 2. The van der Waals surface area contributed by atoms with E-state index in [1.807, 2.05) is 0 Å². The maximum Gasteiger partial charge on any atom is 0.416 e. The molecule has 10 heteroatoms. The van der Waals surface area contributed by atoms with Crippen LogP contribution < -0.4 is 10.1 Å². The highest BCUT2D eigenvalue weighted by Gasteiger charge is 2.30. The van der Waals surface area contributed by atoms with Crippen molar-refractivity contribution in [3.8, 4) is 5.75 Å². The molecule has 0 spiro atoms. The molecule has 0 saturated heterocycles. The zero-order valence-electron chi connectivity index (χ0n) is 21.9. The lowest BCUT2D eigenvalue weighted by Crippen LogP contribution is -2.38. The van der Waals surface area contributed by atoms with E-state index in [1.54, 1.807) is 36.1 Å². The topological polar surface area (TPSA) is 88.1 Å². The van der Waals surface area contributed by atoms with Gasteiger partial charge in [0, 0.05) is 25.3 Å². The summed E-state index contributed by atoms with van der Waals surface area (Å²) in [7, 11) is 0. The second-order valence-electron chi connectivity index (χ2n) is 8.89. The van der Waals surface area contributed by atoms with Crippen molar-refractivity contribution in [1.29, 1.82) is 0 Å². The number of rotatable bonds is 16. The van der Waals surface area contributed by atoms with Gasteiger partial charge >= 0.3 is 18.2 Å². The molecule has 0 radical (unpaired) electrons. The van der Waals surface area contributed by atoms with Crippen molar-refractivity contribution in [3.05, 3.63) is 59.7 Å². The first-order chi connectivity index (χ1) is 18.1. The summed E-state index contributed by atoms with van der Waals surface area (Å²) in [4.78, 5) is 25.7. The third-order valence-corrected chi connectivity index (χ3v) is 5.88. The zero-order valence-corrected chi connectivity index (χ0v) is 21.9. The van der Waals surface area contributed by atoms with Crippen molar-refractivity contribution in [3.63, 3.8) is 0 Å². The highest BCUT2D eigenvalue weighted by atomic mass is 19.4. The largest absolute Gasteiger partial charge is 0.492 e. The second-order valence-corrected chi connectivity index (χ2v) is 8.89. The molecule has 2 aromatic rings. The molecule has 2 N–H and O–H groups in total. The summed E-state index contributed by atoms with van der Waals surface area (Å²) >= 11 is 0. The van der Waals surface area contributed by atoms with Gasteiger partial charge in [0.2, 0.25) is 0 Å². The number of alkyl halides is 3. The minimum atomic E-state index is -4.50. The Bertz CT molecular complexity index is 999. The first kappa shape index (κ1) is 31.0. The predicted molar refractivity (Wildman–Crippen MR) is 139 cm³/mol. The monoisotopic (exact) mass is 538 g/mol. The number of hydrogen-bond donors (Lipinski definition) is 2. The van der Waals surface area contributed by atoms with Crippen molar-refractivity contribution >= 4 is 17.7 Å². The van der Waals surface area contributed by atoms with Crippen LogP contribution in [0.2, 0.25) is 0 Å². The van der Waals surface area contributed by atoms with E-state index in [-0.39, 0.29) is 25.3 Å². The Morgan fingerprint density at radius 1 is 1.00 bits per heavy atom. The fourth-order valence-corrected chi connectivity index (χ4v) is 3.83. The van der Waals surface area contributed by atoms with Crippen molar-refractivity contribution in [1.82, 2.24) is 4.90 Å². The van der Waals surface area contributed by atoms with Crippen LogP contribution >= 0.6 is 0 Å². The van der Waals surface area contributed by atoms with Gasteiger partial charge in [-0.3, -0.25) is 0 Å². The Labute approximate surface area is 221 Å². The summed E-state index contributed by atoms with van der Waals surface area (Å²) in [6, 6.07) is 11.0. The molecular formula is C28H37F3N2O5.